The zero-order chi connectivity index (χ0) is 17.6. The van der Waals surface area contributed by atoms with Crippen molar-refractivity contribution in [2.75, 3.05) is 0 Å². The van der Waals surface area contributed by atoms with E-state index in [0.29, 0.717) is 11.3 Å². The molecule has 1 aromatic heterocycles. The van der Waals surface area contributed by atoms with Gasteiger partial charge in [-0.05, 0) is 32.3 Å². The Balaban J connectivity index is 2.58. The van der Waals surface area contributed by atoms with Gasteiger partial charge in [-0.15, -0.1) is 4.52 Å². The van der Waals surface area contributed by atoms with Crippen LogP contribution in [0, 0.1) is 6.92 Å². The lowest BCUT2D eigenvalue weighted by molar-refractivity contribution is -0.137. The molecule has 0 spiro atoms. The number of aryl methyl sites for hydroxylation is 1. The van der Waals surface area contributed by atoms with Crippen molar-refractivity contribution < 1.29 is 29.1 Å². The van der Waals surface area contributed by atoms with Gasteiger partial charge in [0.25, 0.3) is 0 Å². The summed E-state index contributed by atoms with van der Waals surface area (Å²) in [5.41, 5.74) is 1.12. The molecule has 9 heteroatoms. The van der Waals surface area contributed by atoms with Crippen molar-refractivity contribution >= 4 is 8.18 Å². The third-order valence-electron chi connectivity index (χ3n) is 3.07. The zero-order valence-electron chi connectivity index (χ0n) is 13.7. The first-order chi connectivity index (χ1) is 10.8. The van der Waals surface area contributed by atoms with Crippen LogP contribution >= 0.6 is 8.18 Å². The smallest absolute Gasteiger partial charge is 0.506 e. The minimum atomic E-state index is -2.27. The molecule has 0 bridgehead atoms. The largest absolute Gasteiger partial charge is 0.613 e. The maximum absolute atomic E-state index is 11.9. The fourth-order valence-corrected chi connectivity index (χ4v) is 2.57. The van der Waals surface area contributed by atoms with Gasteiger partial charge >= 0.3 is 8.18 Å². The molecular weight excluding hydrogens is 323 g/mol. The molecular formula is C14H24N2O6P+. The highest BCUT2D eigenvalue weighted by atomic mass is 31.1. The van der Waals surface area contributed by atoms with Gasteiger partial charge in [-0.1, -0.05) is 5.09 Å². The van der Waals surface area contributed by atoms with Gasteiger partial charge < -0.3 is 20.1 Å². The van der Waals surface area contributed by atoms with E-state index in [-0.39, 0.29) is 30.6 Å². The summed E-state index contributed by atoms with van der Waals surface area (Å²) in [5, 5.41) is 31.5. The molecule has 8 nitrogen and oxygen atoms in total. The monoisotopic (exact) mass is 347 g/mol. The van der Waals surface area contributed by atoms with Crippen LogP contribution < -0.4 is 5.09 Å². The maximum Gasteiger partial charge on any atom is 0.613 e. The normalized spacial score (nSPS) is 14.8. The van der Waals surface area contributed by atoms with Crippen molar-refractivity contribution in [1.29, 1.82) is 0 Å². The molecule has 0 fully saturated rings. The summed E-state index contributed by atoms with van der Waals surface area (Å²) >= 11 is 0. The molecule has 0 aliphatic rings. The summed E-state index contributed by atoms with van der Waals surface area (Å²) in [6, 6.07) is -0.595. The summed E-state index contributed by atoms with van der Waals surface area (Å²) in [6.07, 6.45) is 0.168. The van der Waals surface area contributed by atoms with E-state index in [9.17, 15) is 19.9 Å². The average Bonchev–Trinajstić information content (AvgIpc) is 2.47. The standard InChI is InChI=1S/C14H23N2O6P/c1-8(2)22-14(19)10(4)16-23(20)21-7-11-5-15-9(3)13(18)12(11)6-17/h5,8,10,14,17,19H,6-7H2,1-4H3,(H-,16,18,20)/p+1/t10-,14?/m0/s1. The first-order valence-electron chi connectivity index (χ1n) is 7.23. The Kier molecular flexibility index (Phi) is 7.98. The lowest BCUT2D eigenvalue weighted by Crippen LogP contribution is -2.37. The van der Waals surface area contributed by atoms with E-state index in [1.807, 2.05) is 0 Å². The number of aromatic hydroxyl groups is 1. The van der Waals surface area contributed by atoms with Crippen LogP contribution in [0.2, 0.25) is 0 Å². The number of ether oxygens (including phenoxy) is 1. The number of rotatable bonds is 9. The van der Waals surface area contributed by atoms with Crippen LogP contribution in [0.4, 0.5) is 0 Å². The summed E-state index contributed by atoms with van der Waals surface area (Å²) in [4.78, 5) is 3.97. The van der Waals surface area contributed by atoms with Crippen LogP contribution in [0.5, 0.6) is 5.75 Å². The quantitative estimate of drug-likeness (QED) is 0.391. The van der Waals surface area contributed by atoms with E-state index < -0.39 is 20.5 Å². The van der Waals surface area contributed by atoms with Gasteiger partial charge in [0.15, 0.2) is 6.29 Å². The summed E-state index contributed by atoms with van der Waals surface area (Å²) in [6.45, 7) is 6.29. The molecule has 0 radical (unpaired) electrons. The van der Waals surface area contributed by atoms with Gasteiger partial charge in [0.1, 0.15) is 18.4 Å². The molecule has 0 aromatic carbocycles. The maximum atomic E-state index is 11.9. The molecule has 1 rings (SSSR count). The lowest BCUT2D eigenvalue weighted by atomic mass is 10.1. The van der Waals surface area contributed by atoms with E-state index in [2.05, 4.69) is 10.1 Å². The number of aliphatic hydroxyl groups excluding tert-OH is 2. The van der Waals surface area contributed by atoms with Crippen LogP contribution in [0.15, 0.2) is 6.20 Å². The van der Waals surface area contributed by atoms with Gasteiger partial charge in [-0.25, -0.2) is 0 Å². The SMILES string of the molecule is Cc1ncc(CO[P+](=O)N[C@@H](C)C(O)OC(C)C)c(CO)c1O. The second-order valence-corrected chi connectivity index (χ2v) is 6.41. The van der Waals surface area contributed by atoms with Crippen molar-refractivity contribution in [1.82, 2.24) is 10.1 Å². The number of nitrogens with zero attached hydrogens (tertiary/aromatic N) is 1. The second kappa shape index (κ2) is 9.22. The molecule has 2 unspecified atom stereocenters. The van der Waals surface area contributed by atoms with E-state index in [1.165, 1.54) is 6.20 Å². The fraction of sp³-hybridized carbons (Fsp3) is 0.643. The fourth-order valence-electron chi connectivity index (χ4n) is 1.78. The molecule has 0 amide bonds. The number of hydrogen-bond donors (Lipinski definition) is 4. The van der Waals surface area contributed by atoms with Gasteiger partial charge in [0.2, 0.25) is 0 Å². The van der Waals surface area contributed by atoms with Crippen molar-refractivity contribution in [2.45, 2.75) is 59.3 Å². The highest BCUT2D eigenvalue weighted by molar-refractivity contribution is 7.36. The Morgan fingerprint density at radius 1 is 1.39 bits per heavy atom. The van der Waals surface area contributed by atoms with Crippen LogP contribution in [-0.4, -0.2) is 38.7 Å². The predicted octanol–water partition coefficient (Wildman–Crippen LogP) is 1.48. The highest BCUT2D eigenvalue weighted by Gasteiger charge is 2.28. The third kappa shape index (κ3) is 6.10. The summed E-state index contributed by atoms with van der Waals surface area (Å²) < 4.78 is 22.2. The molecule has 3 atom stereocenters. The molecule has 0 aliphatic carbocycles. The Labute approximate surface area is 136 Å². The number of aromatic nitrogens is 1. The first-order valence-corrected chi connectivity index (χ1v) is 8.41. The van der Waals surface area contributed by atoms with Crippen LogP contribution in [0.25, 0.3) is 0 Å². The first kappa shape index (κ1) is 19.9. The highest BCUT2D eigenvalue weighted by Crippen LogP contribution is 2.27. The predicted molar refractivity (Wildman–Crippen MR) is 83.8 cm³/mol. The van der Waals surface area contributed by atoms with Gasteiger partial charge in [0.05, 0.1) is 18.4 Å². The molecule has 4 N–H and O–H groups in total. The van der Waals surface area contributed by atoms with Crippen LogP contribution in [-0.2, 0) is 27.0 Å². The number of pyridine rings is 1. The minimum absolute atomic E-state index is 0.104. The number of aliphatic hydroxyl groups is 2. The molecule has 0 saturated heterocycles. The van der Waals surface area contributed by atoms with E-state index >= 15 is 0 Å². The third-order valence-corrected chi connectivity index (χ3v) is 4.06. The Hall–Kier alpha value is -1.15. The minimum Gasteiger partial charge on any atom is -0.506 e. The Morgan fingerprint density at radius 3 is 2.61 bits per heavy atom. The van der Waals surface area contributed by atoms with E-state index in [0.717, 1.165) is 0 Å². The molecule has 0 saturated carbocycles. The molecule has 130 valence electrons. The van der Waals surface area contributed by atoms with Gasteiger partial charge in [-0.2, -0.15) is 0 Å². The van der Waals surface area contributed by atoms with Crippen LogP contribution in [0.1, 0.15) is 37.6 Å². The van der Waals surface area contributed by atoms with Crippen LogP contribution in [0.3, 0.4) is 0 Å². The Morgan fingerprint density at radius 2 is 2.04 bits per heavy atom. The second-order valence-electron chi connectivity index (χ2n) is 5.38. The number of nitrogens with one attached hydrogen (secondary N) is 1. The molecule has 1 aromatic rings. The zero-order valence-corrected chi connectivity index (χ0v) is 14.6. The van der Waals surface area contributed by atoms with Gasteiger partial charge in [-0.3, -0.25) is 4.98 Å². The lowest BCUT2D eigenvalue weighted by Gasteiger charge is -2.18. The van der Waals surface area contributed by atoms with Crippen molar-refractivity contribution in [2.24, 2.45) is 0 Å². The topological polar surface area (TPSA) is 121 Å². The molecule has 1 heterocycles. The van der Waals surface area contributed by atoms with Gasteiger partial charge in [0, 0.05) is 17.3 Å². The summed E-state index contributed by atoms with van der Waals surface area (Å²) in [7, 11) is -2.27. The van der Waals surface area contributed by atoms with E-state index in [1.54, 1.807) is 27.7 Å². The number of hydrogen-bond acceptors (Lipinski definition) is 7. The van der Waals surface area contributed by atoms with Crippen molar-refractivity contribution in [3.05, 3.63) is 23.0 Å². The Bertz CT molecular complexity index is 540. The average molecular weight is 347 g/mol. The summed E-state index contributed by atoms with van der Waals surface area (Å²) in [5.74, 6) is -0.106. The van der Waals surface area contributed by atoms with Crippen molar-refractivity contribution in [3.63, 3.8) is 0 Å². The molecule has 23 heavy (non-hydrogen) atoms. The van der Waals surface area contributed by atoms with E-state index in [4.69, 9.17) is 9.26 Å². The van der Waals surface area contributed by atoms with Crippen molar-refractivity contribution in [3.8, 4) is 5.75 Å². The molecule has 0 aliphatic heterocycles.